The predicted molar refractivity (Wildman–Crippen MR) is 493 cm³/mol. The van der Waals surface area contributed by atoms with Crippen LogP contribution >= 0.6 is 0 Å². The zero-order valence-corrected chi connectivity index (χ0v) is 73.2. The summed E-state index contributed by atoms with van der Waals surface area (Å²) in [4.78, 5) is 0. The lowest BCUT2D eigenvalue weighted by Gasteiger charge is -2.37. The predicted octanol–water partition coefficient (Wildman–Crippen LogP) is 24.0. The van der Waals surface area contributed by atoms with Crippen molar-refractivity contribution in [3.05, 3.63) is 385 Å². The molecule has 0 aliphatic heterocycles. The maximum absolute atomic E-state index is 2.54. The van der Waals surface area contributed by atoms with Crippen LogP contribution in [-0.4, -0.2) is 0 Å². The second-order valence-electron chi connectivity index (χ2n) is 38.5. The molecule has 0 amide bonds. The largest absolute Gasteiger partial charge is 0.217 e. The summed E-state index contributed by atoms with van der Waals surface area (Å²) in [5.41, 5.74) is 58.7. The Bertz CT molecular complexity index is 7010. The first-order valence-electron chi connectivity index (χ1n) is 44.7. The van der Waals surface area contributed by atoms with E-state index in [1.807, 2.05) is 0 Å². The number of pyridine rings is 5. The molecule has 1 saturated carbocycles. The molecule has 15 aromatic rings. The molecule has 11 aliphatic carbocycles. The Morgan fingerprint density at radius 1 is 0.273 bits per heavy atom. The van der Waals surface area contributed by atoms with Gasteiger partial charge >= 0.3 is 0 Å². The van der Waals surface area contributed by atoms with E-state index in [4.69, 9.17) is 0 Å². The smallest absolute Gasteiger partial charge is 0.201 e. The lowest BCUT2D eigenvalue weighted by atomic mass is 9.65. The normalized spacial score (nSPS) is 21.5. The van der Waals surface area contributed by atoms with E-state index in [2.05, 4.69) is 401 Å². The molecule has 2 bridgehead atoms. The first kappa shape index (κ1) is 75.2. The van der Waals surface area contributed by atoms with Crippen LogP contribution < -0.4 is 22.8 Å². The Balaban J connectivity index is 0.0000000907. The zero-order chi connectivity index (χ0) is 82.8. The van der Waals surface area contributed by atoms with E-state index in [-0.39, 0.29) is 27.1 Å². The molecule has 0 spiro atoms. The Kier molecular flexibility index (Phi) is 16.9. The molecule has 0 saturated heterocycles. The second-order valence-corrected chi connectivity index (χ2v) is 38.5. The highest BCUT2D eigenvalue weighted by Gasteiger charge is 2.56. The van der Waals surface area contributed by atoms with Crippen molar-refractivity contribution in [2.45, 2.75) is 160 Å². The second kappa shape index (κ2) is 27.2. The molecule has 7 unspecified atom stereocenters. The van der Waals surface area contributed by atoms with Gasteiger partial charge in [-0.1, -0.05) is 210 Å². The molecule has 0 N–H and O–H groups in total. The minimum absolute atomic E-state index is 0.0123. The molecule has 7 atom stereocenters. The van der Waals surface area contributed by atoms with Crippen LogP contribution in [0.15, 0.2) is 274 Å². The summed E-state index contributed by atoms with van der Waals surface area (Å²) in [6.07, 6.45) is 21.9. The standard InChI is InChI=1S/C26H26N.C24H24N.C23H22N.C22H20N.C21H18N/c1-16-10-13-21-20-7-4-5-9-22(20)26(2)18-12-11-17(15-18)19-8-6-14-27(3)25(19)23(16)24(21)26;1-16-12-13-19-18-10-4-5-11-20(18)24(2)14-6-8-17-9-7-15-25(3)23(17)21(16)22(19)24;1-15-10-11-18-17-8-4-5-9-19(17)23(2)13-12-16-7-6-14-24(3)22(16)20(15)21(18)23;1-14-10-11-17-16-8-4-5-9-18(16)22(2)13-15-7-6-12-23(3)21(15)19(14)20(17)22;1-13-10-11-15-14-7-4-5-8-16(14)21(2)17-9-6-12-22(3)20(17)18(13)19(15)21/h4-10,13-14,17-18H,11-12,15H2,1-3H3;4-5,7,9-13,15H,6,8,14H2,1-3H3;4-11,14H,12-13H2,1-3H3;4-12H,13H2,1-3H3;4-12H,1-3H3/q5*+1. The van der Waals surface area contributed by atoms with Crippen LogP contribution in [0.2, 0.25) is 0 Å². The third-order valence-electron chi connectivity index (χ3n) is 31.9. The third-order valence-corrected chi connectivity index (χ3v) is 31.9. The Labute approximate surface area is 716 Å². The van der Waals surface area contributed by atoms with E-state index in [0.717, 1.165) is 25.2 Å². The summed E-state index contributed by atoms with van der Waals surface area (Å²) in [5.74, 6) is 1.42. The SMILES string of the molecule is Cc1ccc2c3c1-c1c(ccc[n+]1C)C1CCC(C1)C3(C)c1ccccc1-2.Cc1ccc2c3c1-c1c(ccc[n+]1C)C3(C)c1ccccc1-2.Cc1ccc2c3c1-c1c(ccc[n+]1C)CC3(C)c1ccccc1-2.Cc1ccc2c3c1-c1c(ccc[n+]1C)CCC3(C)c1ccccc1-2.Cc1ccc2c3c1-c1c(ccc[n+]1C)CCCC3(C)c1ccccc1-2. The van der Waals surface area contributed by atoms with Gasteiger partial charge in [-0.05, 0) is 281 Å². The van der Waals surface area contributed by atoms with Gasteiger partial charge in [-0.2, -0.15) is 0 Å². The Morgan fingerprint density at radius 2 is 0.620 bits per heavy atom. The number of nitrogens with zero attached hydrogens (tertiary/aromatic N) is 5. The minimum Gasteiger partial charge on any atom is -0.201 e. The summed E-state index contributed by atoms with van der Waals surface area (Å²) in [6.45, 7) is 23.6. The fourth-order valence-corrected chi connectivity index (χ4v) is 26.3. The highest BCUT2D eigenvalue weighted by atomic mass is 15.0. The Morgan fingerprint density at radius 3 is 1.13 bits per heavy atom. The van der Waals surface area contributed by atoms with Crippen molar-refractivity contribution in [3.63, 3.8) is 0 Å². The van der Waals surface area contributed by atoms with E-state index in [1.165, 1.54) is 234 Å². The van der Waals surface area contributed by atoms with Crippen molar-refractivity contribution in [3.8, 4) is 112 Å². The lowest BCUT2D eigenvalue weighted by molar-refractivity contribution is -0.661. The van der Waals surface area contributed by atoms with Gasteiger partial charge in [0.2, 0.25) is 28.5 Å². The summed E-state index contributed by atoms with van der Waals surface area (Å²) in [5, 5.41) is 0. The molecular formula is C116H110N5+5. The van der Waals surface area contributed by atoms with Crippen LogP contribution in [0.25, 0.3) is 112 Å². The average Bonchev–Trinajstić information content (AvgIpc) is 1.50. The van der Waals surface area contributed by atoms with Crippen LogP contribution in [-0.2, 0) is 81.6 Å². The fourth-order valence-electron chi connectivity index (χ4n) is 26.3. The maximum atomic E-state index is 2.54. The molecule has 5 heteroatoms. The molecule has 1 fully saturated rings. The van der Waals surface area contributed by atoms with Gasteiger partial charge < -0.3 is 0 Å². The van der Waals surface area contributed by atoms with Gasteiger partial charge in [0.25, 0.3) is 0 Å². The van der Waals surface area contributed by atoms with Crippen LogP contribution in [0.4, 0.5) is 0 Å². The summed E-state index contributed by atoms with van der Waals surface area (Å²) in [6, 6.07) is 90.9. The highest BCUT2D eigenvalue weighted by Crippen LogP contribution is 2.66. The van der Waals surface area contributed by atoms with Crippen molar-refractivity contribution in [1.82, 2.24) is 0 Å². The lowest BCUT2D eigenvalue weighted by Crippen LogP contribution is -2.38. The molecule has 5 nitrogen and oxygen atoms in total. The molecule has 26 rings (SSSR count). The van der Waals surface area contributed by atoms with E-state index in [9.17, 15) is 0 Å². The van der Waals surface area contributed by atoms with E-state index in [0.29, 0.717) is 5.92 Å². The van der Waals surface area contributed by atoms with Gasteiger partial charge in [0.1, 0.15) is 35.2 Å². The third kappa shape index (κ3) is 10.4. The summed E-state index contributed by atoms with van der Waals surface area (Å²) in [7, 11) is 10.9. The maximum Gasteiger partial charge on any atom is 0.217 e. The average molecular weight is 1570 g/mol. The molecular weight excluding hydrogens is 1460 g/mol. The Hall–Kier alpha value is -12.1. The number of rotatable bonds is 0. The van der Waals surface area contributed by atoms with Crippen LogP contribution in [0, 0.1) is 40.5 Å². The van der Waals surface area contributed by atoms with Crippen LogP contribution in [0.1, 0.15) is 190 Å². The van der Waals surface area contributed by atoms with Gasteiger partial charge in [-0.25, -0.2) is 22.8 Å². The first-order valence-corrected chi connectivity index (χ1v) is 44.7. The molecule has 5 aromatic heterocycles. The van der Waals surface area contributed by atoms with E-state index < -0.39 is 0 Å². The van der Waals surface area contributed by atoms with Crippen molar-refractivity contribution >= 4 is 0 Å². The number of aryl methyl sites for hydroxylation is 12. The van der Waals surface area contributed by atoms with Crippen molar-refractivity contribution in [2.75, 3.05) is 0 Å². The molecule has 0 radical (unpaired) electrons. The summed E-state index contributed by atoms with van der Waals surface area (Å²) < 4.78 is 11.6. The number of benzene rings is 10. The van der Waals surface area contributed by atoms with Crippen LogP contribution in [0.3, 0.4) is 0 Å². The molecule has 11 aliphatic rings. The molecule has 5 heterocycles. The fraction of sp³-hybridized carbons (Fsp3) is 0.267. The van der Waals surface area contributed by atoms with Crippen molar-refractivity contribution in [2.24, 2.45) is 41.2 Å². The zero-order valence-electron chi connectivity index (χ0n) is 73.2. The number of fused-ring (bicyclic) bond motifs is 30. The topological polar surface area (TPSA) is 19.4 Å². The highest BCUT2D eigenvalue weighted by molar-refractivity contribution is 5.98. The van der Waals surface area contributed by atoms with Crippen LogP contribution in [0.5, 0.6) is 0 Å². The first-order chi connectivity index (χ1) is 58.6. The molecule has 121 heavy (non-hydrogen) atoms. The molecule has 10 aromatic carbocycles. The van der Waals surface area contributed by atoms with Gasteiger partial charge in [0.05, 0.1) is 33.2 Å². The van der Waals surface area contributed by atoms with E-state index in [1.54, 1.807) is 27.8 Å². The quantitative estimate of drug-likeness (QED) is 0.135. The van der Waals surface area contributed by atoms with Crippen molar-refractivity contribution in [1.29, 1.82) is 0 Å². The van der Waals surface area contributed by atoms with Gasteiger partial charge in [0, 0.05) is 79.8 Å². The van der Waals surface area contributed by atoms with Crippen molar-refractivity contribution < 1.29 is 22.8 Å². The summed E-state index contributed by atoms with van der Waals surface area (Å²) >= 11 is 0. The number of aromatic nitrogens is 5. The minimum atomic E-state index is -0.0123. The van der Waals surface area contributed by atoms with Gasteiger partial charge in [-0.15, -0.1) is 0 Å². The van der Waals surface area contributed by atoms with E-state index >= 15 is 0 Å². The van der Waals surface area contributed by atoms with Gasteiger partial charge in [-0.3, -0.25) is 0 Å². The number of hydrogen-bond acceptors (Lipinski definition) is 0. The number of hydrogen-bond donors (Lipinski definition) is 0. The molecule has 594 valence electrons. The van der Waals surface area contributed by atoms with Gasteiger partial charge in [0.15, 0.2) is 31.0 Å². The monoisotopic (exact) mass is 1570 g/mol.